The molecule has 114 valence electrons. The van der Waals surface area contributed by atoms with Gasteiger partial charge in [0.15, 0.2) is 6.61 Å². The number of amides is 1. The minimum atomic E-state index is -1.18. The molecule has 22 heavy (non-hydrogen) atoms. The summed E-state index contributed by atoms with van der Waals surface area (Å²) in [6.07, 6.45) is 0. The van der Waals surface area contributed by atoms with Crippen LogP contribution in [0.1, 0.15) is 10.4 Å². The Balaban J connectivity index is 2.00. The fourth-order valence-electron chi connectivity index (χ4n) is 1.67. The number of ether oxygens (including phenoxy) is 1. The summed E-state index contributed by atoms with van der Waals surface area (Å²) in [6.45, 7) is -0.261. The highest BCUT2D eigenvalue weighted by Crippen LogP contribution is 2.21. The van der Waals surface area contributed by atoms with Crippen LogP contribution in [0.25, 0.3) is 0 Å². The zero-order valence-electron chi connectivity index (χ0n) is 11.2. The van der Waals surface area contributed by atoms with Gasteiger partial charge in [-0.1, -0.05) is 23.2 Å². The lowest BCUT2D eigenvalue weighted by atomic mass is 10.2. The summed E-state index contributed by atoms with van der Waals surface area (Å²) < 4.78 is 5.27. The number of anilines is 1. The van der Waals surface area contributed by atoms with E-state index in [9.17, 15) is 9.59 Å². The molecule has 0 aliphatic carbocycles. The number of hydrogen-bond donors (Lipinski definition) is 2. The molecule has 0 atom stereocenters. The third-order valence-corrected chi connectivity index (χ3v) is 3.16. The van der Waals surface area contributed by atoms with Crippen molar-refractivity contribution in [1.82, 2.24) is 0 Å². The normalized spacial score (nSPS) is 10.1. The molecule has 0 fully saturated rings. The van der Waals surface area contributed by atoms with Crippen molar-refractivity contribution < 1.29 is 19.4 Å². The van der Waals surface area contributed by atoms with E-state index in [-0.39, 0.29) is 22.9 Å². The Morgan fingerprint density at radius 2 is 1.68 bits per heavy atom. The first-order chi connectivity index (χ1) is 10.5. The van der Waals surface area contributed by atoms with Crippen molar-refractivity contribution in [3.8, 4) is 5.75 Å². The van der Waals surface area contributed by atoms with Gasteiger partial charge in [0.05, 0.1) is 11.3 Å². The molecule has 0 saturated carbocycles. The van der Waals surface area contributed by atoms with Gasteiger partial charge < -0.3 is 15.2 Å². The van der Waals surface area contributed by atoms with E-state index >= 15 is 0 Å². The average Bonchev–Trinajstić information content (AvgIpc) is 2.48. The van der Waals surface area contributed by atoms with Gasteiger partial charge in [0.25, 0.3) is 5.91 Å². The first kappa shape index (κ1) is 16.1. The summed E-state index contributed by atoms with van der Waals surface area (Å²) in [4.78, 5) is 22.9. The maximum atomic E-state index is 11.8. The second-order valence-corrected chi connectivity index (χ2v) is 5.16. The van der Waals surface area contributed by atoms with E-state index in [1.165, 1.54) is 18.2 Å². The van der Waals surface area contributed by atoms with E-state index in [1.807, 2.05) is 0 Å². The molecule has 0 bridgehead atoms. The lowest BCUT2D eigenvalue weighted by Gasteiger charge is -2.10. The van der Waals surface area contributed by atoms with E-state index in [2.05, 4.69) is 5.32 Å². The molecule has 0 aliphatic heterocycles. The minimum Gasteiger partial charge on any atom is -0.484 e. The maximum Gasteiger partial charge on any atom is 0.337 e. The summed E-state index contributed by atoms with van der Waals surface area (Å²) in [5.74, 6) is -1.19. The van der Waals surface area contributed by atoms with Gasteiger partial charge in [0.1, 0.15) is 5.75 Å². The molecule has 2 rings (SSSR count). The van der Waals surface area contributed by atoms with Crippen molar-refractivity contribution in [3.05, 3.63) is 58.1 Å². The van der Waals surface area contributed by atoms with Crippen LogP contribution in [0.4, 0.5) is 5.69 Å². The Labute approximate surface area is 136 Å². The SMILES string of the molecule is O=C(COc1ccc(Cl)cc1)Nc1ccc(Cl)cc1C(=O)O. The summed E-state index contributed by atoms with van der Waals surface area (Å²) in [7, 11) is 0. The molecular formula is C15H11Cl2NO4. The number of carbonyl (C=O) groups excluding carboxylic acids is 1. The highest BCUT2D eigenvalue weighted by molar-refractivity contribution is 6.31. The van der Waals surface area contributed by atoms with Crippen molar-refractivity contribution in [1.29, 1.82) is 0 Å². The van der Waals surface area contributed by atoms with Crippen LogP contribution in [0.15, 0.2) is 42.5 Å². The molecule has 0 aliphatic rings. The number of hydrogen-bond acceptors (Lipinski definition) is 3. The van der Waals surface area contributed by atoms with Crippen LogP contribution >= 0.6 is 23.2 Å². The van der Waals surface area contributed by atoms with Crippen LogP contribution in [0.3, 0.4) is 0 Å². The van der Waals surface area contributed by atoms with Gasteiger partial charge in [-0.2, -0.15) is 0 Å². The molecule has 0 unspecified atom stereocenters. The van der Waals surface area contributed by atoms with E-state index in [0.29, 0.717) is 10.8 Å². The number of nitrogens with one attached hydrogen (secondary N) is 1. The van der Waals surface area contributed by atoms with E-state index in [0.717, 1.165) is 0 Å². The van der Waals surface area contributed by atoms with Gasteiger partial charge >= 0.3 is 5.97 Å². The molecule has 0 saturated heterocycles. The maximum absolute atomic E-state index is 11.8. The van der Waals surface area contributed by atoms with E-state index in [1.54, 1.807) is 24.3 Å². The van der Waals surface area contributed by atoms with Gasteiger partial charge in [-0.05, 0) is 42.5 Å². The number of carbonyl (C=O) groups is 2. The summed E-state index contributed by atoms with van der Waals surface area (Å²) in [6, 6.07) is 10.7. The number of halogens is 2. The zero-order chi connectivity index (χ0) is 16.1. The smallest absolute Gasteiger partial charge is 0.337 e. The third-order valence-electron chi connectivity index (χ3n) is 2.67. The van der Waals surface area contributed by atoms with Crippen molar-refractivity contribution >= 4 is 40.8 Å². The van der Waals surface area contributed by atoms with E-state index in [4.69, 9.17) is 33.0 Å². The molecule has 0 radical (unpaired) electrons. The molecule has 1 amide bonds. The van der Waals surface area contributed by atoms with Crippen molar-refractivity contribution in [2.24, 2.45) is 0 Å². The second kappa shape index (κ2) is 7.15. The van der Waals surface area contributed by atoms with Crippen LogP contribution in [-0.4, -0.2) is 23.6 Å². The van der Waals surface area contributed by atoms with Crippen LogP contribution < -0.4 is 10.1 Å². The molecule has 0 spiro atoms. The Morgan fingerprint density at radius 1 is 1.05 bits per heavy atom. The molecule has 2 aromatic rings. The number of rotatable bonds is 5. The lowest BCUT2D eigenvalue weighted by Crippen LogP contribution is -2.21. The predicted octanol–water partition coefficient (Wildman–Crippen LogP) is 3.71. The van der Waals surface area contributed by atoms with Gasteiger partial charge in [-0.25, -0.2) is 4.79 Å². The lowest BCUT2D eigenvalue weighted by molar-refractivity contribution is -0.118. The molecule has 2 N–H and O–H groups in total. The average molecular weight is 340 g/mol. The third kappa shape index (κ3) is 4.38. The Bertz CT molecular complexity index is 701. The molecule has 0 heterocycles. The van der Waals surface area contributed by atoms with E-state index < -0.39 is 11.9 Å². The number of carboxylic acids is 1. The highest BCUT2D eigenvalue weighted by atomic mass is 35.5. The molecule has 5 nitrogen and oxygen atoms in total. The Kier molecular flexibility index (Phi) is 5.25. The number of benzene rings is 2. The van der Waals surface area contributed by atoms with Crippen LogP contribution in [0.5, 0.6) is 5.75 Å². The van der Waals surface area contributed by atoms with Gasteiger partial charge in [0.2, 0.25) is 0 Å². The minimum absolute atomic E-state index is 0.0904. The quantitative estimate of drug-likeness (QED) is 0.870. The fourth-order valence-corrected chi connectivity index (χ4v) is 1.97. The van der Waals surface area contributed by atoms with Crippen LogP contribution in [-0.2, 0) is 4.79 Å². The number of aromatic carboxylic acids is 1. The highest BCUT2D eigenvalue weighted by Gasteiger charge is 2.13. The van der Waals surface area contributed by atoms with Crippen LogP contribution in [0, 0.1) is 0 Å². The standard InChI is InChI=1S/C15H11Cl2NO4/c16-9-1-4-11(5-2-9)22-8-14(19)18-13-6-3-10(17)7-12(13)15(20)21/h1-7H,8H2,(H,18,19)(H,20,21). The second-order valence-electron chi connectivity index (χ2n) is 4.29. The van der Waals surface area contributed by atoms with Gasteiger partial charge in [0, 0.05) is 10.0 Å². The fraction of sp³-hybridized carbons (Fsp3) is 0.0667. The molecular weight excluding hydrogens is 329 g/mol. The Morgan fingerprint density at radius 3 is 2.32 bits per heavy atom. The monoisotopic (exact) mass is 339 g/mol. The van der Waals surface area contributed by atoms with Gasteiger partial charge in [-0.15, -0.1) is 0 Å². The zero-order valence-corrected chi connectivity index (χ0v) is 12.7. The molecule has 2 aromatic carbocycles. The molecule has 7 heteroatoms. The van der Waals surface area contributed by atoms with Crippen molar-refractivity contribution in [3.63, 3.8) is 0 Å². The van der Waals surface area contributed by atoms with Crippen molar-refractivity contribution in [2.45, 2.75) is 0 Å². The summed E-state index contributed by atoms with van der Waals surface area (Å²) >= 11 is 11.5. The largest absolute Gasteiger partial charge is 0.484 e. The number of carboxylic acid groups (broad SMARTS) is 1. The summed E-state index contributed by atoms with van der Waals surface area (Å²) in [5, 5.41) is 12.4. The first-order valence-electron chi connectivity index (χ1n) is 6.17. The molecule has 0 aromatic heterocycles. The topological polar surface area (TPSA) is 75.6 Å². The summed E-state index contributed by atoms with van der Waals surface area (Å²) in [5.41, 5.74) is 0.0638. The first-order valence-corrected chi connectivity index (χ1v) is 6.92. The van der Waals surface area contributed by atoms with Crippen molar-refractivity contribution in [2.75, 3.05) is 11.9 Å². The van der Waals surface area contributed by atoms with Gasteiger partial charge in [-0.3, -0.25) is 4.79 Å². The predicted molar refractivity (Wildman–Crippen MR) is 84.0 cm³/mol. The Hall–Kier alpha value is -2.24. The van der Waals surface area contributed by atoms with Crippen LogP contribution in [0.2, 0.25) is 10.0 Å².